The lowest BCUT2D eigenvalue weighted by Crippen LogP contribution is -1.97. The van der Waals surface area contributed by atoms with Crippen LogP contribution in [0.2, 0.25) is 0 Å². The number of rotatable bonds is 5. The average Bonchev–Trinajstić information content (AvgIpc) is 2.70. The molecule has 0 radical (unpaired) electrons. The molecule has 5 aromatic carbocycles. The van der Waals surface area contributed by atoms with E-state index in [4.69, 9.17) is 5.73 Å². The molecule has 0 unspecified atom stereocenters. The highest BCUT2D eigenvalue weighted by molar-refractivity contribution is 6.34. The van der Waals surface area contributed by atoms with Crippen LogP contribution in [0.25, 0.3) is 43.1 Å². The van der Waals surface area contributed by atoms with E-state index < -0.39 is 0 Å². The predicted octanol–water partition coefficient (Wildman–Crippen LogP) is 7.44. The number of nitrogen functional groups attached to an aromatic ring is 1. The summed E-state index contributed by atoms with van der Waals surface area (Å²) in [6.45, 7) is 2.27. The minimum absolute atomic E-state index is 0.910. The van der Waals surface area contributed by atoms with Crippen molar-refractivity contribution in [1.82, 2.24) is 0 Å². The van der Waals surface area contributed by atoms with Crippen LogP contribution < -0.4 is 5.73 Å². The van der Waals surface area contributed by atoms with Gasteiger partial charge in [0.1, 0.15) is 0 Å². The van der Waals surface area contributed by atoms with Gasteiger partial charge in [-0.1, -0.05) is 80.8 Å². The van der Waals surface area contributed by atoms with Crippen molar-refractivity contribution in [2.24, 2.45) is 0 Å². The summed E-state index contributed by atoms with van der Waals surface area (Å²) in [5.41, 5.74) is 8.84. The summed E-state index contributed by atoms with van der Waals surface area (Å²) in [6.07, 6.45) is 6.19. The van der Waals surface area contributed by atoms with Gasteiger partial charge in [-0.15, -0.1) is 0 Å². The Bertz CT molecular complexity index is 1260. The molecule has 0 saturated heterocycles. The quantitative estimate of drug-likeness (QED) is 0.151. The number of benzene rings is 5. The zero-order chi connectivity index (χ0) is 18.4. The first-order valence-electron chi connectivity index (χ1n) is 10.2. The second-order valence-electron chi connectivity index (χ2n) is 7.75. The molecule has 0 aliphatic heterocycles. The van der Waals surface area contributed by atoms with Crippen molar-refractivity contribution >= 4 is 48.8 Å². The molecule has 0 heterocycles. The summed E-state index contributed by atoms with van der Waals surface area (Å²) in [5.74, 6) is 0. The molecule has 27 heavy (non-hydrogen) atoms. The Morgan fingerprint density at radius 3 is 2.11 bits per heavy atom. The molecule has 0 spiro atoms. The number of nitrogens with two attached hydrogens (primary N) is 1. The Kier molecular flexibility index (Phi) is 3.89. The summed E-state index contributed by atoms with van der Waals surface area (Å²) in [4.78, 5) is 0. The smallest absolute Gasteiger partial charge is 0.0397 e. The standard InChI is InChI=1S/C26H25N/c1-2-3-4-5-9-18-16-23(27)21-14-8-13-20-19-12-6-10-17-11-7-15-22(24(17)19)25(18)26(20)21/h6-8,10-16H,2-5,9,27H2,1H3. The third kappa shape index (κ3) is 2.45. The number of hydrogen-bond donors (Lipinski definition) is 1. The summed E-state index contributed by atoms with van der Waals surface area (Å²) in [5, 5.41) is 10.7. The first-order chi connectivity index (χ1) is 13.3. The minimum atomic E-state index is 0.910. The van der Waals surface area contributed by atoms with Crippen molar-refractivity contribution < 1.29 is 0 Å². The molecule has 2 N–H and O–H groups in total. The van der Waals surface area contributed by atoms with Gasteiger partial charge in [0.05, 0.1) is 0 Å². The molecule has 5 rings (SSSR count). The summed E-state index contributed by atoms with van der Waals surface area (Å²) < 4.78 is 0. The molecule has 1 heteroatoms. The lowest BCUT2D eigenvalue weighted by atomic mass is 9.86. The van der Waals surface area contributed by atoms with Gasteiger partial charge in [0.25, 0.3) is 0 Å². The summed E-state index contributed by atoms with van der Waals surface area (Å²) in [7, 11) is 0. The van der Waals surface area contributed by atoms with E-state index in [0.29, 0.717) is 0 Å². The van der Waals surface area contributed by atoms with Gasteiger partial charge < -0.3 is 5.73 Å². The molecule has 134 valence electrons. The maximum Gasteiger partial charge on any atom is 0.0397 e. The third-order valence-electron chi connectivity index (χ3n) is 6.04. The third-order valence-corrected chi connectivity index (χ3v) is 6.04. The lowest BCUT2D eigenvalue weighted by molar-refractivity contribution is 0.668. The SMILES string of the molecule is CCCCCCc1cc(N)c2cccc3c4cccc5cccc(c1c23)c54. The molecule has 0 bridgehead atoms. The van der Waals surface area contributed by atoms with E-state index in [1.807, 2.05) is 0 Å². The molecule has 0 atom stereocenters. The number of hydrogen-bond acceptors (Lipinski definition) is 1. The van der Waals surface area contributed by atoms with Crippen molar-refractivity contribution in [3.05, 3.63) is 66.2 Å². The molecule has 0 aliphatic carbocycles. The highest BCUT2D eigenvalue weighted by atomic mass is 14.6. The molecule has 0 saturated carbocycles. The van der Waals surface area contributed by atoms with E-state index in [9.17, 15) is 0 Å². The number of unbranched alkanes of at least 4 members (excludes halogenated alkanes) is 3. The highest BCUT2D eigenvalue weighted by Crippen LogP contribution is 2.43. The van der Waals surface area contributed by atoms with E-state index >= 15 is 0 Å². The van der Waals surface area contributed by atoms with E-state index in [0.717, 1.165) is 12.1 Å². The van der Waals surface area contributed by atoms with Gasteiger partial charge in [0.15, 0.2) is 0 Å². The van der Waals surface area contributed by atoms with Gasteiger partial charge in [-0.3, -0.25) is 0 Å². The van der Waals surface area contributed by atoms with Gasteiger partial charge in [-0.05, 0) is 62.2 Å². The van der Waals surface area contributed by atoms with Crippen LogP contribution in [-0.2, 0) is 6.42 Å². The van der Waals surface area contributed by atoms with Crippen molar-refractivity contribution in [2.45, 2.75) is 39.0 Å². The molecule has 5 aromatic rings. The Hall–Kier alpha value is -2.80. The summed E-state index contributed by atoms with van der Waals surface area (Å²) >= 11 is 0. The molecule has 1 nitrogen and oxygen atoms in total. The van der Waals surface area contributed by atoms with Crippen molar-refractivity contribution in [3.8, 4) is 0 Å². The molecule has 0 aliphatic rings. The van der Waals surface area contributed by atoms with Crippen molar-refractivity contribution in [1.29, 1.82) is 0 Å². The Morgan fingerprint density at radius 2 is 1.33 bits per heavy atom. The second kappa shape index (κ2) is 6.42. The van der Waals surface area contributed by atoms with Gasteiger partial charge in [-0.2, -0.15) is 0 Å². The fraction of sp³-hybridized carbons (Fsp3) is 0.231. The largest absolute Gasteiger partial charge is 0.398 e. The Balaban J connectivity index is 1.92. The van der Waals surface area contributed by atoms with Gasteiger partial charge in [-0.25, -0.2) is 0 Å². The number of anilines is 1. The molecule has 0 aromatic heterocycles. The molecule has 0 amide bonds. The van der Waals surface area contributed by atoms with Crippen molar-refractivity contribution in [2.75, 3.05) is 5.73 Å². The first kappa shape index (κ1) is 16.4. The van der Waals surface area contributed by atoms with Crippen LogP contribution in [0, 0.1) is 0 Å². The van der Waals surface area contributed by atoms with Crippen LogP contribution in [0.5, 0.6) is 0 Å². The zero-order valence-corrected chi connectivity index (χ0v) is 15.9. The Labute approximate surface area is 160 Å². The topological polar surface area (TPSA) is 26.0 Å². The highest BCUT2D eigenvalue weighted by Gasteiger charge is 2.16. The first-order valence-corrected chi connectivity index (χ1v) is 10.2. The molecular weight excluding hydrogens is 326 g/mol. The van der Waals surface area contributed by atoms with Gasteiger partial charge in [0.2, 0.25) is 0 Å². The minimum Gasteiger partial charge on any atom is -0.398 e. The van der Waals surface area contributed by atoms with Gasteiger partial charge in [0, 0.05) is 11.1 Å². The normalized spacial score (nSPS) is 12.0. The van der Waals surface area contributed by atoms with E-state index in [1.54, 1.807) is 0 Å². The van der Waals surface area contributed by atoms with Crippen LogP contribution in [0.1, 0.15) is 38.2 Å². The fourth-order valence-electron chi connectivity index (χ4n) is 4.81. The van der Waals surface area contributed by atoms with Crippen LogP contribution >= 0.6 is 0 Å². The number of aryl methyl sites for hydroxylation is 1. The summed E-state index contributed by atoms with van der Waals surface area (Å²) in [6, 6.07) is 22.2. The van der Waals surface area contributed by atoms with Crippen LogP contribution in [0.15, 0.2) is 60.7 Å². The fourth-order valence-corrected chi connectivity index (χ4v) is 4.81. The zero-order valence-electron chi connectivity index (χ0n) is 15.9. The van der Waals surface area contributed by atoms with E-state index in [1.165, 1.54) is 74.3 Å². The van der Waals surface area contributed by atoms with Crippen LogP contribution in [-0.4, -0.2) is 0 Å². The second-order valence-corrected chi connectivity index (χ2v) is 7.75. The van der Waals surface area contributed by atoms with Gasteiger partial charge >= 0.3 is 0 Å². The molecule has 0 fully saturated rings. The lowest BCUT2D eigenvalue weighted by Gasteiger charge is -2.18. The van der Waals surface area contributed by atoms with E-state index in [-0.39, 0.29) is 0 Å². The average molecular weight is 351 g/mol. The van der Waals surface area contributed by atoms with Crippen LogP contribution in [0.3, 0.4) is 0 Å². The molecular formula is C26H25N. The monoisotopic (exact) mass is 351 g/mol. The van der Waals surface area contributed by atoms with E-state index in [2.05, 4.69) is 67.6 Å². The van der Waals surface area contributed by atoms with Crippen molar-refractivity contribution in [3.63, 3.8) is 0 Å². The maximum absolute atomic E-state index is 6.52. The Morgan fingerprint density at radius 1 is 0.667 bits per heavy atom. The maximum atomic E-state index is 6.52. The van der Waals surface area contributed by atoms with Crippen LogP contribution in [0.4, 0.5) is 5.69 Å². The number of fused-ring (bicyclic) bond motifs is 2. The predicted molar refractivity (Wildman–Crippen MR) is 120 cm³/mol.